The van der Waals surface area contributed by atoms with Gasteiger partial charge in [-0.1, -0.05) is 32.0 Å². The summed E-state index contributed by atoms with van der Waals surface area (Å²) < 4.78 is 35.9. The number of nitrogens with zero attached hydrogens (tertiary/aromatic N) is 1. The maximum Gasteiger partial charge on any atom is 0.410 e. The van der Waals surface area contributed by atoms with Crippen LogP contribution in [0.2, 0.25) is 0 Å². The van der Waals surface area contributed by atoms with E-state index in [0.29, 0.717) is 32.0 Å². The molecule has 7 nitrogen and oxygen atoms in total. The molecule has 1 saturated heterocycles. The van der Waals surface area contributed by atoms with Crippen molar-refractivity contribution in [2.75, 3.05) is 32.6 Å². The van der Waals surface area contributed by atoms with Gasteiger partial charge in [0.25, 0.3) is 0 Å². The van der Waals surface area contributed by atoms with Crippen molar-refractivity contribution in [1.29, 1.82) is 0 Å². The third-order valence-corrected chi connectivity index (χ3v) is 4.93. The van der Waals surface area contributed by atoms with Gasteiger partial charge in [-0.3, -0.25) is 0 Å². The Kier molecular flexibility index (Phi) is 7.67. The summed E-state index contributed by atoms with van der Waals surface area (Å²) >= 11 is 0. The number of sulfonamides is 1. The van der Waals surface area contributed by atoms with E-state index in [1.807, 2.05) is 30.3 Å². The predicted molar refractivity (Wildman–Crippen MR) is 104 cm³/mol. The SMILES string of the molecule is CC(C)c1ccccc1OC/C=C/COC(=O)N1CC[C@H](NS(C)(=O)=O)C1. The fourth-order valence-corrected chi connectivity index (χ4v) is 3.70. The molecular formula is C19H28N2O5S. The number of amides is 1. The smallest absolute Gasteiger partial charge is 0.410 e. The number of rotatable bonds is 8. The molecule has 1 aliphatic heterocycles. The molecular weight excluding hydrogens is 368 g/mol. The molecule has 1 aromatic rings. The summed E-state index contributed by atoms with van der Waals surface area (Å²) in [5, 5.41) is 0. The molecule has 1 fully saturated rings. The number of ether oxygens (including phenoxy) is 2. The number of likely N-dealkylation sites (tertiary alicyclic amines) is 1. The highest BCUT2D eigenvalue weighted by molar-refractivity contribution is 7.88. The monoisotopic (exact) mass is 396 g/mol. The Balaban J connectivity index is 1.68. The first-order chi connectivity index (χ1) is 12.8. The minimum atomic E-state index is -3.27. The summed E-state index contributed by atoms with van der Waals surface area (Å²) in [6, 6.07) is 7.67. The van der Waals surface area contributed by atoms with E-state index in [2.05, 4.69) is 18.6 Å². The van der Waals surface area contributed by atoms with Crippen LogP contribution in [-0.2, 0) is 14.8 Å². The molecule has 0 bridgehead atoms. The second-order valence-electron chi connectivity index (χ2n) is 6.87. The van der Waals surface area contributed by atoms with Crippen molar-refractivity contribution >= 4 is 16.1 Å². The van der Waals surface area contributed by atoms with Crippen LogP contribution < -0.4 is 9.46 Å². The molecule has 1 aliphatic rings. The Labute approximate surface area is 161 Å². The highest BCUT2D eigenvalue weighted by Crippen LogP contribution is 2.25. The average Bonchev–Trinajstić information content (AvgIpc) is 3.04. The van der Waals surface area contributed by atoms with Gasteiger partial charge in [0, 0.05) is 19.1 Å². The molecule has 1 atom stereocenters. The largest absolute Gasteiger partial charge is 0.489 e. The number of carbonyl (C=O) groups excluding carboxylic acids is 1. The summed E-state index contributed by atoms with van der Waals surface area (Å²) in [6.45, 7) is 5.58. The molecule has 1 aromatic carbocycles. The van der Waals surface area contributed by atoms with E-state index >= 15 is 0 Å². The molecule has 0 radical (unpaired) electrons. The maximum atomic E-state index is 12.0. The Morgan fingerprint density at radius 2 is 2.00 bits per heavy atom. The molecule has 8 heteroatoms. The summed E-state index contributed by atoms with van der Waals surface area (Å²) in [5.74, 6) is 1.24. The van der Waals surface area contributed by atoms with Gasteiger partial charge >= 0.3 is 6.09 Å². The van der Waals surface area contributed by atoms with E-state index in [4.69, 9.17) is 9.47 Å². The Morgan fingerprint density at radius 1 is 1.30 bits per heavy atom. The zero-order valence-electron chi connectivity index (χ0n) is 16.1. The molecule has 1 heterocycles. The van der Waals surface area contributed by atoms with Crippen molar-refractivity contribution in [1.82, 2.24) is 9.62 Å². The van der Waals surface area contributed by atoms with Crippen molar-refractivity contribution in [3.05, 3.63) is 42.0 Å². The number of para-hydroxylation sites is 1. The molecule has 0 aromatic heterocycles. The predicted octanol–water partition coefficient (Wildman–Crippen LogP) is 2.51. The molecule has 0 unspecified atom stereocenters. The topological polar surface area (TPSA) is 84.9 Å². The molecule has 1 amide bonds. The van der Waals surface area contributed by atoms with Crippen LogP contribution in [0.1, 0.15) is 31.7 Å². The van der Waals surface area contributed by atoms with Crippen LogP contribution in [0, 0.1) is 0 Å². The number of nitrogens with one attached hydrogen (secondary N) is 1. The van der Waals surface area contributed by atoms with Crippen molar-refractivity contribution in [2.45, 2.75) is 32.2 Å². The summed E-state index contributed by atoms with van der Waals surface area (Å²) in [7, 11) is -3.27. The van der Waals surface area contributed by atoms with Gasteiger partial charge in [0.05, 0.1) is 6.26 Å². The van der Waals surface area contributed by atoms with E-state index in [0.717, 1.165) is 17.6 Å². The van der Waals surface area contributed by atoms with Crippen molar-refractivity contribution < 1.29 is 22.7 Å². The summed E-state index contributed by atoms with van der Waals surface area (Å²) in [5.41, 5.74) is 1.16. The first-order valence-corrected chi connectivity index (χ1v) is 10.9. The van der Waals surface area contributed by atoms with E-state index in [1.165, 1.54) is 4.90 Å². The van der Waals surface area contributed by atoms with E-state index in [9.17, 15) is 13.2 Å². The number of carbonyl (C=O) groups is 1. The van der Waals surface area contributed by atoms with Crippen molar-refractivity contribution in [3.63, 3.8) is 0 Å². The summed E-state index contributed by atoms with van der Waals surface area (Å²) in [6.07, 6.45) is 4.80. The molecule has 27 heavy (non-hydrogen) atoms. The minimum Gasteiger partial charge on any atom is -0.489 e. The van der Waals surface area contributed by atoms with Crippen LogP contribution in [0.15, 0.2) is 36.4 Å². The normalized spacial score (nSPS) is 17.6. The van der Waals surface area contributed by atoms with Gasteiger partial charge in [-0.25, -0.2) is 17.9 Å². The van der Waals surface area contributed by atoms with Crippen LogP contribution in [0.3, 0.4) is 0 Å². The highest BCUT2D eigenvalue weighted by Gasteiger charge is 2.28. The standard InChI is InChI=1S/C19H28N2O5S/c1-15(2)17-8-4-5-9-18(17)25-12-6-7-13-26-19(22)21-11-10-16(14-21)20-27(3,23)24/h4-9,15-16,20H,10-14H2,1-3H3/b7-6+/t16-/m0/s1. The van der Waals surface area contributed by atoms with Crippen LogP contribution >= 0.6 is 0 Å². The maximum absolute atomic E-state index is 12.0. The molecule has 0 saturated carbocycles. The quantitative estimate of drug-likeness (QED) is 0.683. The lowest BCUT2D eigenvalue weighted by Crippen LogP contribution is -2.38. The van der Waals surface area contributed by atoms with Gasteiger partial charge in [-0.05, 0) is 36.1 Å². The lowest BCUT2D eigenvalue weighted by molar-refractivity contribution is 0.120. The van der Waals surface area contributed by atoms with Crippen LogP contribution in [0.25, 0.3) is 0 Å². The van der Waals surface area contributed by atoms with Gasteiger partial charge in [0.15, 0.2) is 0 Å². The first kappa shape index (κ1) is 21.2. The molecule has 0 aliphatic carbocycles. The molecule has 0 spiro atoms. The van der Waals surface area contributed by atoms with Gasteiger partial charge in [0.2, 0.25) is 10.0 Å². The van der Waals surface area contributed by atoms with Gasteiger partial charge < -0.3 is 14.4 Å². The van der Waals surface area contributed by atoms with Crippen LogP contribution in [-0.4, -0.2) is 58.0 Å². The average molecular weight is 397 g/mol. The van der Waals surface area contributed by atoms with Crippen LogP contribution in [0.5, 0.6) is 5.75 Å². The van der Waals surface area contributed by atoms with E-state index in [-0.39, 0.29) is 12.6 Å². The second kappa shape index (κ2) is 9.75. The van der Waals surface area contributed by atoms with Crippen molar-refractivity contribution in [2.24, 2.45) is 0 Å². The lowest BCUT2D eigenvalue weighted by atomic mass is 10.0. The van der Waals surface area contributed by atoms with Crippen LogP contribution in [0.4, 0.5) is 4.79 Å². The Bertz CT molecular complexity index is 761. The lowest BCUT2D eigenvalue weighted by Gasteiger charge is -2.16. The molecule has 2 rings (SSSR count). The fourth-order valence-electron chi connectivity index (χ4n) is 2.90. The van der Waals surface area contributed by atoms with E-state index < -0.39 is 16.1 Å². The molecule has 1 N–H and O–H groups in total. The van der Waals surface area contributed by atoms with Crippen molar-refractivity contribution in [3.8, 4) is 5.75 Å². The highest BCUT2D eigenvalue weighted by atomic mass is 32.2. The molecule has 150 valence electrons. The zero-order valence-corrected chi connectivity index (χ0v) is 16.9. The van der Waals surface area contributed by atoms with Gasteiger partial charge in [-0.2, -0.15) is 0 Å². The number of hydrogen-bond acceptors (Lipinski definition) is 5. The van der Waals surface area contributed by atoms with Gasteiger partial charge in [0.1, 0.15) is 19.0 Å². The van der Waals surface area contributed by atoms with E-state index in [1.54, 1.807) is 6.08 Å². The number of benzene rings is 1. The summed E-state index contributed by atoms with van der Waals surface area (Å²) in [4.78, 5) is 13.5. The third-order valence-electron chi connectivity index (χ3n) is 4.17. The van der Waals surface area contributed by atoms with Gasteiger partial charge in [-0.15, -0.1) is 0 Å². The third kappa shape index (κ3) is 7.22. The Hall–Kier alpha value is -2.06. The first-order valence-electron chi connectivity index (χ1n) is 9.02. The number of hydrogen-bond donors (Lipinski definition) is 1. The second-order valence-corrected chi connectivity index (χ2v) is 8.65. The zero-order chi connectivity index (χ0) is 19.9. The Morgan fingerprint density at radius 3 is 2.70 bits per heavy atom. The fraction of sp³-hybridized carbons (Fsp3) is 0.526. The minimum absolute atomic E-state index is 0.148.